The van der Waals surface area contributed by atoms with Crippen LogP contribution in [0.3, 0.4) is 0 Å². The fraction of sp³-hybridized carbons (Fsp3) is 0.143. The molecule has 0 radical (unpaired) electrons. The maximum absolute atomic E-state index is 10.5. The highest BCUT2D eigenvalue weighted by molar-refractivity contribution is 5.92. The number of rotatable bonds is 1. The van der Waals surface area contributed by atoms with Gasteiger partial charge >= 0.3 is 0 Å². The maximum Gasteiger partial charge on any atom is 0.250 e. The van der Waals surface area contributed by atoms with E-state index in [0.717, 1.165) is 5.56 Å². The lowest BCUT2D eigenvalue weighted by molar-refractivity contribution is 0.1000. The minimum Gasteiger partial charge on any atom is -0.366 e. The molecule has 0 fully saturated rings. The van der Waals surface area contributed by atoms with Crippen LogP contribution in [0.15, 0.2) is 18.5 Å². The molecular formula is C7H8N2O. The number of hydrogen-bond donors (Lipinski definition) is 1. The summed E-state index contributed by atoms with van der Waals surface area (Å²) in [4.78, 5) is 14.3. The van der Waals surface area contributed by atoms with E-state index in [1.807, 2.05) is 6.92 Å². The van der Waals surface area contributed by atoms with Crippen LogP contribution < -0.4 is 5.73 Å². The summed E-state index contributed by atoms with van der Waals surface area (Å²) in [7, 11) is 0. The summed E-state index contributed by atoms with van der Waals surface area (Å²) in [5.41, 5.74) is 6.40. The molecule has 3 heteroatoms. The van der Waals surface area contributed by atoms with Gasteiger partial charge in [-0.25, -0.2) is 0 Å². The largest absolute Gasteiger partial charge is 0.366 e. The summed E-state index contributed by atoms with van der Waals surface area (Å²) < 4.78 is 0. The van der Waals surface area contributed by atoms with Crippen LogP contribution in [0.4, 0.5) is 0 Å². The van der Waals surface area contributed by atoms with Gasteiger partial charge in [-0.1, -0.05) is 0 Å². The first kappa shape index (κ1) is 6.74. The van der Waals surface area contributed by atoms with Crippen molar-refractivity contribution < 1.29 is 4.79 Å². The van der Waals surface area contributed by atoms with Crippen molar-refractivity contribution in [3.8, 4) is 0 Å². The normalized spacial score (nSPS) is 9.30. The summed E-state index contributed by atoms with van der Waals surface area (Å²) >= 11 is 0. The third kappa shape index (κ3) is 1.31. The fourth-order valence-corrected chi connectivity index (χ4v) is 0.690. The van der Waals surface area contributed by atoms with Gasteiger partial charge in [0.15, 0.2) is 0 Å². The summed E-state index contributed by atoms with van der Waals surface area (Å²) in [6.07, 6.45) is 3.13. The highest BCUT2D eigenvalue weighted by Gasteiger charge is 1.97. The van der Waals surface area contributed by atoms with Crippen molar-refractivity contribution in [3.63, 3.8) is 0 Å². The van der Waals surface area contributed by atoms with E-state index in [2.05, 4.69) is 4.98 Å². The lowest BCUT2D eigenvalue weighted by Gasteiger charge is -1.93. The predicted molar refractivity (Wildman–Crippen MR) is 37.5 cm³/mol. The molecule has 0 spiro atoms. The van der Waals surface area contributed by atoms with Crippen LogP contribution in [0, 0.1) is 6.92 Å². The van der Waals surface area contributed by atoms with E-state index in [1.54, 1.807) is 12.3 Å². The van der Waals surface area contributed by atoms with Gasteiger partial charge in [-0.05, 0) is 18.6 Å². The Kier molecular flexibility index (Phi) is 1.67. The number of aryl methyl sites for hydroxylation is 1. The number of primary amides is 1. The number of nitrogens with zero attached hydrogens (tertiary/aromatic N) is 1. The fourth-order valence-electron chi connectivity index (χ4n) is 0.690. The number of pyridine rings is 1. The molecule has 1 rings (SSSR count). The second-order valence-electron chi connectivity index (χ2n) is 2.12. The van der Waals surface area contributed by atoms with Crippen molar-refractivity contribution >= 4 is 5.91 Å². The van der Waals surface area contributed by atoms with Crippen molar-refractivity contribution in [1.82, 2.24) is 4.98 Å². The monoisotopic (exact) mass is 136 g/mol. The second-order valence-corrected chi connectivity index (χ2v) is 2.12. The summed E-state index contributed by atoms with van der Waals surface area (Å²) in [5.74, 6) is -0.434. The molecular weight excluding hydrogens is 128 g/mol. The Morgan fingerprint density at radius 2 is 2.30 bits per heavy atom. The first-order chi connectivity index (χ1) is 4.70. The SMILES string of the molecule is Cc1cncc(C(N)=O)c1. The molecule has 1 amide bonds. The zero-order valence-corrected chi connectivity index (χ0v) is 5.66. The molecule has 0 aliphatic rings. The number of carbonyl (C=O) groups excluding carboxylic acids is 1. The molecule has 0 saturated carbocycles. The highest BCUT2D eigenvalue weighted by Crippen LogP contribution is 1.98. The minimum atomic E-state index is -0.434. The third-order valence-corrected chi connectivity index (χ3v) is 1.16. The minimum absolute atomic E-state index is 0.434. The van der Waals surface area contributed by atoms with Crippen LogP contribution in [0.2, 0.25) is 0 Å². The first-order valence-corrected chi connectivity index (χ1v) is 2.91. The lowest BCUT2D eigenvalue weighted by Crippen LogP contribution is -2.11. The Balaban J connectivity index is 3.07. The van der Waals surface area contributed by atoms with Crippen LogP contribution in [0.5, 0.6) is 0 Å². The molecule has 0 unspecified atom stereocenters. The smallest absolute Gasteiger partial charge is 0.250 e. The molecule has 0 bridgehead atoms. The van der Waals surface area contributed by atoms with Gasteiger partial charge in [-0.3, -0.25) is 9.78 Å². The molecule has 0 aliphatic carbocycles. The number of aromatic nitrogens is 1. The average molecular weight is 136 g/mol. The van der Waals surface area contributed by atoms with Crippen molar-refractivity contribution in [2.24, 2.45) is 5.73 Å². The van der Waals surface area contributed by atoms with E-state index in [1.165, 1.54) is 6.20 Å². The van der Waals surface area contributed by atoms with Gasteiger partial charge in [0.2, 0.25) is 5.91 Å². The van der Waals surface area contributed by atoms with E-state index in [0.29, 0.717) is 5.56 Å². The molecule has 1 aromatic heterocycles. The first-order valence-electron chi connectivity index (χ1n) is 2.91. The van der Waals surface area contributed by atoms with Crippen molar-refractivity contribution in [1.29, 1.82) is 0 Å². The maximum atomic E-state index is 10.5. The van der Waals surface area contributed by atoms with Crippen LogP contribution in [0.1, 0.15) is 15.9 Å². The Labute approximate surface area is 58.9 Å². The van der Waals surface area contributed by atoms with Crippen LogP contribution >= 0.6 is 0 Å². The van der Waals surface area contributed by atoms with Gasteiger partial charge in [0.1, 0.15) is 0 Å². The van der Waals surface area contributed by atoms with Crippen LogP contribution in [-0.2, 0) is 0 Å². The zero-order valence-electron chi connectivity index (χ0n) is 5.66. The second kappa shape index (κ2) is 2.47. The molecule has 1 aromatic rings. The Hall–Kier alpha value is -1.38. The van der Waals surface area contributed by atoms with Crippen molar-refractivity contribution in [3.05, 3.63) is 29.6 Å². The predicted octanol–water partition coefficient (Wildman–Crippen LogP) is 0.489. The molecule has 52 valence electrons. The summed E-state index contributed by atoms with van der Waals surface area (Å²) in [5, 5.41) is 0. The molecule has 3 nitrogen and oxygen atoms in total. The Morgan fingerprint density at radius 3 is 2.70 bits per heavy atom. The van der Waals surface area contributed by atoms with E-state index in [4.69, 9.17) is 5.73 Å². The standard InChI is InChI=1S/C7H8N2O/c1-5-2-6(7(8)10)4-9-3-5/h2-4H,1H3,(H2,8,10). The van der Waals surface area contributed by atoms with E-state index in [9.17, 15) is 4.79 Å². The zero-order chi connectivity index (χ0) is 7.56. The summed E-state index contributed by atoms with van der Waals surface area (Å²) in [6, 6.07) is 1.70. The molecule has 1 heterocycles. The molecule has 0 saturated heterocycles. The highest BCUT2D eigenvalue weighted by atomic mass is 16.1. The third-order valence-electron chi connectivity index (χ3n) is 1.16. The number of nitrogens with two attached hydrogens (primary N) is 1. The molecule has 0 aromatic carbocycles. The van der Waals surface area contributed by atoms with Crippen LogP contribution in [-0.4, -0.2) is 10.9 Å². The van der Waals surface area contributed by atoms with Gasteiger partial charge in [0, 0.05) is 12.4 Å². The van der Waals surface area contributed by atoms with E-state index >= 15 is 0 Å². The molecule has 10 heavy (non-hydrogen) atoms. The van der Waals surface area contributed by atoms with Crippen molar-refractivity contribution in [2.75, 3.05) is 0 Å². The number of carbonyl (C=O) groups is 1. The average Bonchev–Trinajstić information content (AvgIpc) is 1.88. The van der Waals surface area contributed by atoms with Crippen molar-refractivity contribution in [2.45, 2.75) is 6.92 Å². The van der Waals surface area contributed by atoms with Gasteiger partial charge in [0.25, 0.3) is 0 Å². The van der Waals surface area contributed by atoms with E-state index < -0.39 is 5.91 Å². The molecule has 2 N–H and O–H groups in total. The molecule has 0 atom stereocenters. The Bertz CT molecular complexity index is 258. The Morgan fingerprint density at radius 1 is 1.60 bits per heavy atom. The lowest BCUT2D eigenvalue weighted by atomic mass is 10.2. The quantitative estimate of drug-likeness (QED) is 0.610. The van der Waals surface area contributed by atoms with E-state index in [-0.39, 0.29) is 0 Å². The topological polar surface area (TPSA) is 56.0 Å². The summed E-state index contributed by atoms with van der Waals surface area (Å²) in [6.45, 7) is 1.86. The number of amides is 1. The van der Waals surface area contributed by atoms with Gasteiger partial charge < -0.3 is 5.73 Å². The van der Waals surface area contributed by atoms with Gasteiger partial charge in [0.05, 0.1) is 5.56 Å². The van der Waals surface area contributed by atoms with Gasteiger partial charge in [-0.15, -0.1) is 0 Å². The number of hydrogen-bond acceptors (Lipinski definition) is 2. The van der Waals surface area contributed by atoms with Crippen LogP contribution in [0.25, 0.3) is 0 Å². The van der Waals surface area contributed by atoms with Gasteiger partial charge in [-0.2, -0.15) is 0 Å². The molecule has 0 aliphatic heterocycles.